The molecule has 9 nitrogen and oxygen atoms in total. The summed E-state index contributed by atoms with van der Waals surface area (Å²) >= 11 is 7.66. The molecule has 2 heterocycles. The van der Waals surface area contributed by atoms with E-state index >= 15 is 0 Å². The second kappa shape index (κ2) is 13.2. The van der Waals surface area contributed by atoms with Crippen molar-refractivity contribution in [2.24, 2.45) is 0 Å². The van der Waals surface area contributed by atoms with Crippen molar-refractivity contribution in [3.05, 3.63) is 129 Å². The highest BCUT2D eigenvalue weighted by molar-refractivity contribution is 7.93. The molecular weight excluding hydrogens is 686 g/mol. The number of anilines is 2. The van der Waals surface area contributed by atoms with Crippen molar-refractivity contribution in [1.82, 2.24) is 14.8 Å². The molecule has 6 aromatic rings. The van der Waals surface area contributed by atoms with Crippen molar-refractivity contribution in [2.75, 3.05) is 9.44 Å². The molecule has 48 heavy (non-hydrogen) atoms. The number of sulfonamides is 2. The molecule has 246 valence electrons. The van der Waals surface area contributed by atoms with Gasteiger partial charge in [0.25, 0.3) is 20.0 Å². The van der Waals surface area contributed by atoms with Crippen LogP contribution in [0.5, 0.6) is 0 Å². The van der Waals surface area contributed by atoms with E-state index in [-0.39, 0.29) is 9.79 Å². The van der Waals surface area contributed by atoms with Gasteiger partial charge >= 0.3 is 0 Å². The van der Waals surface area contributed by atoms with Gasteiger partial charge in [-0.1, -0.05) is 48.0 Å². The van der Waals surface area contributed by atoms with Gasteiger partial charge in [0.2, 0.25) is 0 Å². The van der Waals surface area contributed by atoms with Gasteiger partial charge in [-0.2, -0.15) is 5.10 Å². The summed E-state index contributed by atoms with van der Waals surface area (Å²) in [5.74, 6) is 0. The minimum absolute atomic E-state index is 0.161. The van der Waals surface area contributed by atoms with Crippen LogP contribution in [0.4, 0.5) is 11.4 Å². The van der Waals surface area contributed by atoms with E-state index in [1.807, 2.05) is 36.6 Å². The highest BCUT2D eigenvalue weighted by Gasteiger charge is 2.21. The van der Waals surface area contributed by atoms with E-state index in [2.05, 4.69) is 14.4 Å². The Morgan fingerprint density at radius 3 is 2.04 bits per heavy atom. The number of aryl methyl sites for hydroxylation is 4. The van der Waals surface area contributed by atoms with Crippen LogP contribution in [0.15, 0.2) is 106 Å². The summed E-state index contributed by atoms with van der Waals surface area (Å²) in [5.41, 5.74) is 6.48. The summed E-state index contributed by atoms with van der Waals surface area (Å²) in [7, 11) is -7.77. The van der Waals surface area contributed by atoms with Gasteiger partial charge in [-0.15, -0.1) is 11.3 Å². The van der Waals surface area contributed by atoms with Crippen LogP contribution in [0, 0.1) is 27.7 Å². The van der Waals surface area contributed by atoms with Crippen LogP contribution in [0.1, 0.15) is 27.9 Å². The number of hydrogen-bond donors (Lipinski definition) is 2. The lowest BCUT2D eigenvalue weighted by atomic mass is 10.1. The summed E-state index contributed by atoms with van der Waals surface area (Å²) in [4.78, 5) is 4.65. The predicted octanol–water partition coefficient (Wildman–Crippen LogP) is 8.21. The molecule has 0 aliphatic carbocycles. The molecule has 0 saturated heterocycles. The number of thiazole rings is 1. The van der Waals surface area contributed by atoms with Gasteiger partial charge in [0.1, 0.15) is 5.01 Å². The quantitative estimate of drug-likeness (QED) is 0.147. The molecule has 0 amide bonds. The number of nitrogens with zero attached hydrogens (tertiary/aromatic N) is 3. The van der Waals surface area contributed by atoms with Gasteiger partial charge in [0.05, 0.1) is 22.0 Å². The fourth-order valence-corrected chi connectivity index (χ4v) is 8.87. The zero-order valence-corrected chi connectivity index (χ0v) is 29.7. The lowest BCUT2D eigenvalue weighted by Crippen LogP contribution is -2.15. The molecule has 0 aliphatic rings. The van der Waals surface area contributed by atoms with Crippen LogP contribution in [0.2, 0.25) is 5.02 Å². The SMILES string of the molecule is Cc1cc(S(=O)(=O)Nc2cccc(-c3cc(C)n(Cc4ccc(C)c(S(=O)(=O)Nc5cccc(-c6nccs6)c5)c4)n3)c2)c(C)cc1Cl. The second-order valence-corrected chi connectivity index (χ2v) is 16.1. The summed E-state index contributed by atoms with van der Waals surface area (Å²) in [6, 6.07) is 24.6. The highest BCUT2D eigenvalue weighted by atomic mass is 35.5. The molecular formula is C35H32ClN5O4S3. The normalized spacial score (nSPS) is 11.9. The Morgan fingerprint density at radius 1 is 0.729 bits per heavy atom. The number of aromatic nitrogens is 3. The van der Waals surface area contributed by atoms with Gasteiger partial charge in [-0.25, -0.2) is 21.8 Å². The van der Waals surface area contributed by atoms with Crippen LogP contribution in [0.3, 0.4) is 0 Å². The standard InChI is InChI=1S/C35H32ClN5O4S3/c1-22-11-12-26(18-34(22)48(44,45)40-30-10-6-8-28(20-30)35-37-13-14-46-35)21-41-25(4)17-32(38-41)27-7-5-9-29(19-27)39-47(42,43)33-16-23(2)31(36)15-24(33)3/h5-20,39-40H,21H2,1-4H3. The van der Waals surface area contributed by atoms with Gasteiger partial charge in [0, 0.05) is 44.8 Å². The van der Waals surface area contributed by atoms with Crippen LogP contribution < -0.4 is 9.44 Å². The van der Waals surface area contributed by atoms with Crippen molar-refractivity contribution in [2.45, 2.75) is 44.0 Å². The third-order valence-corrected chi connectivity index (χ3v) is 12.1. The third kappa shape index (κ3) is 7.16. The number of benzene rings is 4. The summed E-state index contributed by atoms with van der Waals surface area (Å²) in [5, 5.41) is 7.96. The van der Waals surface area contributed by atoms with Crippen LogP contribution in [-0.2, 0) is 26.6 Å². The molecule has 0 radical (unpaired) electrons. The van der Waals surface area contributed by atoms with Crippen LogP contribution in [-0.4, -0.2) is 31.6 Å². The molecule has 0 atom stereocenters. The van der Waals surface area contributed by atoms with Gasteiger partial charge in [-0.05, 0) is 98.5 Å². The molecule has 0 saturated carbocycles. The molecule has 2 N–H and O–H groups in total. The lowest BCUT2D eigenvalue weighted by Gasteiger charge is -2.13. The van der Waals surface area contributed by atoms with Gasteiger partial charge in [-0.3, -0.25) is 14.1 Å². The molecule has 0 bridgehead atoms. The molecule has 2 aromatic heterocycles. The fourth-order valence-electron chi connectivity index (χ4n) is 5.30. The Kier molecular flexibility index (Phi) is 9.18. The van der Waals surface area contributed by atoms with Crippen molar-refractivity contribution in [3.8, 4) is 21.8 Å². The maximum Gasteiger partial charge on any atom is 0.262 e. The van der Waals surface area contributed by atoms with Crippen molar-refractivity contribution < 1.29 is 16.8 Å². The molecule has 4 aromatic carbocycles. The van der Waals surface area contributed by atoms with Crippen molar-refractivity contribution in [1.29, 1.82) is 0 Å². The Balaban J connectivity index is 1.22. The smallest absolute Gasteiger partial charge is 0.262 e. The van der Waals surface area contributed by atoms with E-state index in [0.717, 1.165) is 27.4 Å². The maximum absolute atomic E-state index is 13.6. The van der Waals surface area contributed by atoms with E-state index in [9.17, 15) is 16.8 Å². The topological polar surface area (TPSA) is 123 Å². The molecule has 0 spiro atoms. The van der Waals surface area contributed by atoms with Crippen molar-refractivity contribution in [3.63, 3.8) is 0 Å². The van der Waals surface area contributed by atoms with E-state index in [0.29, 0.717) is 45.3 Å². The van der Waals surface area contributed by atoms with Crippen LogP contribution >= 0.6 is 22.9 Å². The van der Waals surface area contributed by atoms with E-state index in [1.54, 1.807) is 92.3 Å². The van der Waals surface area contributed by atoms with E-state index in [1.165, 1.54) is 11.3 Å². The summed E-state index contributed by atoms with van der Waals surface area (Å²) in [6.07, 6.45) is 1.71. The maximum atomic E-state index is 13.6. The zero-order chi connectivity index (χ0) is 34.2. The average Bonchev–Trinajstić information content (AvgIpc) is 3.70. The van der Waals surface area contributed by atoms with Crippen LogP contribution in [0.25, 0.3) is 21.8 Å². The lowest BCUT2D eigenvalue weighted by molar-refractivity contribution is 0.598. The largest absolute Gasteiger partial charge is 0.280 e. The minimum atomic E-state index is -3.90. The first-order valence-corrected chi connectivity index (χ1v) is 19.1. The Hall–Kier alpha value is -4.49. The second-order valence-electron chi connectivity index (χ2n) is 11.5. The minimum Gasteiger partial charge on any atom is -0.280 e. The highest BCUT2D eigenvalue weighted by Crippen LogP contribution is 2.29. The fraction of sp³-hybridized carbons (Fsp3) is 0.143. The predicted molar refractivity (Wildman–Crippen MR) is 193 cm³/mol. The van der Waals surface area contributed by atoms with E-state index in [4.69, 9.17) is 16.7 Å². The zero-order valence-electron chi connectivity index (χ0n) is 26.5. The number of nitrogens with one attached hydrogen (secondary N) is 2. The van der Waals surface area contributed by atoms with E-state index < -0.39 is 20.0 Å². The Morgan fingerprint density at radius 2 is 1.38 bits per heavy atom. The first kappa shape index (κ1) is 33.4. The first-order chi connectivity index (χ1) is 22.8. The first-order valence-electron chi connectivity index (χ1n) is 14.9. The average molecular weight is 718 g/mol. The summed E-state index contributed by atoms with van der Waals surface area (Å²) < 4.78 is 60.8. The molecule has 13 heteroatoms. The number of rotatable bonds is 10. The molecule has 0 fully saturated rings. The third-order valence-electron chi connectivity index (χ3n) is 7.81. The molecule has 0 unspecified atom stereocenters. The number of halogens is 1. The Bertz CT molecular complexity index is 2370. The van der Waals surface area contributed by atoms with Gasteiger partial charge < -0.3 is 0 Å². The number of hydrogen-bond acceptors (Lipinski definition) is 7. The van der Waals surface area contributed by atoms with Crippen molar-refractivity contribution >= 4 is 54.4 Å². The molecule has 0 aliphatic heterocycles. The molecule has 6 rings (SSSR count). The Labute approximate surface area is 289 Å². The summed E-state index contributed by atoms with van der Waals surface area (Å²) in [6.45, 7) is 7.47. The van der Waals surface area contributed by atoms with Gasteiger partial charge in [0.15, 0.2) is 0 Å². The monoisotopic (exact) mass is 717 g/mol.